The molecule has 6 heteroatoms. The molecular weight excluding hydrogens is 220 g/mol. The van der Waals surface area contributed by atoms with Crippen LogP contribution in [0.3, 0.4) is 0 Å². The van der Waals surface area contributed by atoms with Crippen LogP contribution in [0, 0.1) is 0 Å². The molecule has 1 fully saturated rings. The molecule has 2 aromatic rings. The van der Waals surface area contributed by atoms with Gasteiger partial charge in [-0.25, -0.2) is 4.68 Å². The molecule has 3 rings (SSSR count). The van der Waals surface area contributed by atoms with Gasteiger partial charge in [0.2, 0.25) is 0 Å². The monoisotopic (exact) mass is 232 g/mol. The van der Waals surface area contributed by atoms with Gasteiger partial charge in [-0.15, -0.1) is 5.10 Å². The lowest BCUT2D eigenvalue weighted by Crippen LogP contribution is -2.61. The summed E-state index contributed by atoms with van der Waals surface area (Å²) in [4.78, 5) is 10.9. The average Bonchev–Trinajstić information content (AvgIpc) is 2.67. The van der Waals surface area contributed by atoms with Crippen molar-refractivity contribution in [2.75, 3.05) is 13.1 Å². The van der Waals surface area contributed by atoms with Crippen LogP contribution in [0.5, 0.6) is 0 Å². The van der Waals surface area contributed by atoms with Crippen LogP contribution in [0.15, 0.2) is 24.3 Å². The van der Waals surface area contributed by atoms with Crippen LogP contribution >= 0.6 is 0 Å². The van der Waals surface area contributed by atoms with Gasteiger partial charge in [-0.2, -0.15) is 0 Å². The van der Waals surface area contributed by atoms with E-state index in [9.17, 15) is 4.79 Å². The number of carboxylic acid groups (broad SMARTS) is 1. The van der Waals surface area contributed by atoms with Gasteiger partial charge >= 0.3 is 5.97 Å². The lowest BCUT2D eigenvalue weighted by atomic mass is 9.88. The number of rotatable bonds is 3. The van der Waals surface area contributed by atoms with Crippen LogP contribution in [0.1, 0.15) is 6.42 Å². The third-order valence-corrected chi connectivity index (χ3v) is 3.19. The van der Waals surface area contributed by atoms with Gasteiger partial charge in [-0.1, -0.05) is 17.3 Å². The van der Waals surface area contributed by atoms with Gasteiger partial charge in [-0.3, -0.25) is 4.79 Å². The number of hydrogen-bond donors (Lipinski definition) is 2. The molecule has 0 atom stereocenters. The smallest absolute Gasteiger partial charge is 0.305 e. The normalized spacial score (nSPS) is 17.9. The fourth-order valence-electron chi connectivity index (χ4n) is 2.26. The van der Waals surface area contributed by atoms with E-state index in [0.29, 0.717) is 13.1 Å². The van der Waals surface area contributed by atoms with Gasteiger partial charge in [0.05, 0.1) is 11.9 Å². The van der Waals surface area contributed by atoms with Gasteiger partial charge in [0.15, 0.2) is 0 Å². The van der Waals surface area contributed by atoms with Gasteiger partial charge in [0, 0.05) is 13.1 Å². The number of nitrogens with one attached hydrogen (secondary N) is 1. The lowest BCUT2D eigenvalue weighted by Gasteiger charge is -2.41. The molecule has 0 radical (unpaired) electrons. The molecule has 0 aliphatic carbocycles. The van der Waals surface area contributed by atoms with Crippen LogP contribution < -0.4 is 5.32 Å². The van der Waals surface area contributed by atoms with Crippen molar-refractivity contribution in [2.24, 2.45) is 0 Å². The Morgan fingerprint density at radius 2 is 2.24 bits per heavy atom. The van der Waals surface area contributed by atoms with Crippen LogP contribution in [-0.4, -0.2) is 39.2 Å². The quantitative estimate of drug-likeness (QED) is 0.790. The molecule has 0 bridgehead atoms. The number of fused-ring (bicyclic) bond motifs is 1. The summed E-state index contributed by atoms with van der Waals surface area (Å²) >= 11 is 0. The minimum Gasteiger partial charge on any atom is -0.481 e. The summed E-state index contributed by atoms with van der Waals surface area (Å²) in [6.45, 7) is 1.24. The van der Waals surface area contributed by atoms with Crippen molar-refractivity contribution in [1.29, 1.82) is 0 Å². The zero-order valence-corrected chi connectivity index (χ0v) is 9.13. The minimum absolute atomic E-state index is 0.0629. The van der Waals surface area contributed by atoms with Crippen molar-refractivity contribution in [3.05, 3.63) is 24.3 Å². The molecule has 0 saturated carbocycles. The first kappa shape index (κ1) is 10.2. The standard InChI is InChI=1S/C11H12N4O2/c16-10(17)5-11(6-12-7-11)15-9-4-2-1-3-8(9)13-14-15/h1-4,12H,5-7H2,(H,16,17). The Morgan fingerprint density at radius 3 is 2.88 bits per heavy atom. The van der Waals surface area contributed by atoms with Crippen molar-refractivity contribution < 1.29 is 9.90 Å². The van der Waals surface area contributed by atoms with Crippen molar-refractivity contribution in [1.82, 2.24) is 20.3 Å². The Balaban J connectivity index is 2.10. The maximum Gasteiger partial charge on any atom is 0.305 e. The predicted molar refractivity (Wildman–Crippen MR) is 60.6 cm³/mol. The first-order valence-electron chi connectivity index (χ1n) is 5.45. The summed E-state index contributed by atoms with van der Waals surface area (Å²) in [6, 6.07) is 7.59. The highest BCUT2D eigenvalue weighted by Crippen LogP contribution is 2.28. The molecule has 0 unspecified atom stereocenters. The molecule has 1 aromatic heterocycles. The molecule has 2 N–H and O–H groups in total. The second-order valence-corrected chi connectivity index (χ2v) is 4.39. The van der Waals surface area contributed by atoms with E-state index in [0.717, 1.165) is 11.0 Å². The maximum absolute atomic E-state index is 10.9. The van der Waals surface area contributed by atoms with Crippen LogP contribution in [0.25, 0.3) is 11.0 Å². The summed E-state index contributed by atoms with van der Waals surface area (Å²) < 4.78 is 1.74. The Kier molecular flexibility index (Phi) is 2.12. The Bertz CT molecular complexity index is 574. The highest BCUT2D eigenvalue weighted by Gasteiger charge is 2.42. The average molecular weight is 232 g/mol. The third kappa shape index (κ3) is 1.49. The largest absolute Gasteiger partial charge is 0.481 e. The van der Waals surface area contributed by atoms with Crippen molar-refractivity contribution >= 4 is 17.0 Å². The van der Waals surface area contributed by atoms with E-state index in [1.807, 2.05) is 24.3 Å². The number of aromatic nitrogens is 3. The number of hydrogen-bond acceptors (Lipinski definition) is 4. The lowest BCUT2D eigenvalue weighted by molar-refractivity contribution is -0.140. The zero-order valence-electron chi connectivity index (χ0n) is 9.13. The number of para-hydroxylation sites is 1. The molecule has 1 aliphatic heterocycles. The van der Waals surface area contributed by atoms with Gasteiger partial charge in [0.1, 0.15) is 11.1 Å². The van der Waals surface area contributed by atoms with Crippen LogP contribution in [0.4, 0.5) is 0 Å². The first-order chi connectivity index (χ1) is 8.21. The van der Waals surface area contributed by atoms with Crippen molar-refractivity contribution in [3.8, 4) is 0 Å². The highest BCUT2D eigenvalue weighted by atomic mass is 16.4. The third-order valence-electron chi connectivity index (χ3n) is 3.19. The van der Waals surface area contributed by atoms with E-state index in [1.165, 1.54) is 0 Å². The van der Waals surface area contributed by atoms with Crippen LogP contribution in [-0.2, 0) is 10.3 Å². The summed E-state index contributed by atoms with van der Waals surface area (Å²) in [6.07, 6.45) is 0.0629. The van der Waals surface area contributed by atoms with E-state index in [2.05, 4.69) is 15.6 Å². The van der Waals surface area contributed by atoms with E-state index >= 15 is 0 Å². The van der Waals surface area contributed by atoms with Crippen LogP contribution in [0.2, 0.25) is 0 Å². The molecule has 1 aliphatic rings. The summed E-state index contributed by atoms with van der Waals surface area (Å²) in [5, 5.41) is 20.3. The van der Waals surface area contributed by atoms with E-state index in [4.69, 9.17) is 5.11 Å². The fraction of sp³-hybridized carbons (Fsp3) is 0.364. The maximum atomic E-state index is 10.9. The number of nitrogens with zero attached hydrogens (tertiary/aromatic N) is 3. The van der Waals surface area contributed by atoms with Gasteiger partial charge < -0.3 is 10.4 Å². The summed E-state index contributed by atoms with van der Waals surface area (Å²) in [5.41, 5.74) is 1.21. The second-order valence-electron chi connectivity index (χ2n) is 4.39. The Hall–Kier alpha value is -1.95. The zero-order chi connectivity index (χ0) is 11.9. The number of benzene rings is 1. The van der Waals surface area contributed by atoms with Gasteiger partial charge in [0.25, 0.3) is 0 Å². The minimum atomic E-state index is -0.814. The van der Waals surface area contributed by atoms with E-state index in [-0.39, 0.29) is 6.42 Å². The molecule has 1 saturated heterocycles. The molecule has 1 aromatic carbocycles. The fourth-order valence-corrected chi connectivity index (χ4v) is 2.26. The number of carboxylic acids is 1. The Labute approximate surface area is 97.2 Å². The Morgan fingerprint density at radius 1 is 1.47 bits per heavy atom. The summed E-state index contributed by atoms with van der Waals surface area (Å²) in [7, 11) is 0. The molecular formula is C11H12N4O2. The number of aliphatic carboxylic acids is 1. The molecule has 6 nitrogen and oxygen atoms in total. The second kappa shape index (κ2) is 3.53. The van der Waals surface area contributed by atoms with Crippen molar-refractivity contribution in [2.45, 2.75) is 12.0 Å². The topological polar surface area (TPSA) is 80.0 Å². The molecule has 17 heavy (non-hydrogen) atoms. The summed E-state index contributed by atoms with van der Waals surface area (Å²) in [5.74, 6) is -0.814. The van der Waals surface area contributed by atoms with E-state index < -0.39 is 11.5 Å². The van der Waals surface area contributed by atoms with Gasteiger partial charge in [-0.05, 0) is 12.1 Å². The van der Waals surface area contributed by atoms with E-state index in [1.54, 1.807) is 4.68 Å². The molecule has 2 heterocycles. The molecule has 0 spiro atoms. The highest BCUT2D eigenvalue weighted by molar-refractivity contribution is 5.75. The van der Waals surface area contributed by atoms with Crippen molar-refractivity contribution in [3.63, 3.8) is 0 Å². The number of carbonyl (C=O) groups is 1. The SMILES string of the molecule is O=C(O)CC1(n2nnc3ccccc32)CNC1. The first-order valence-corrected chi connectivity index (χ1v) is 5.45. The molecule has 88 valence electrons. The molecule has 0 amide bonds. The predicted octanol–water partition coefficient (Wildman–Crippen LogP) is 0.204.